The van der Waals surface area contributed by atoms with Gasteiger partial charge in [0.25, 0.3) is 0 Å². The quantitative estimate of drug-likeness (QED) is 0.760. The second kappa shape index (κ2) is 4.99. The van der Waals surface area contributed by atoms with Crippen molar-refractivity contribution in [2.45, 2.75) is 19.3 Å². The normalized spacial score (nSPS) is 12.3. The first kappa shape index (κ1) is 11.0. The molecule has 0 N–H and O–H groups in total. The minimum atomic E-state index is -0.138. The summed E-state index contributed by atoms with van der Waals surface area (Å²) in [5, 5.41) is 2.86. The molecule has 0 amide bonds. The lowest BCUT2D eigenvalue weighted by atomic mass is 10.0. The van der Waals surface area contributed by atoms with Crippen molar-refractivity contribution in [1.82, 2.24) is 9.97 Å². The lowest BCUT2D eigenvalue weighted by molar-refractivity contribution is -0.109. The van der Waals surface area contributed by atoms with Gasteiger partial charge in [-0.15, -0.1) is 11.3 Å². The van der Waals surface area contributed by atoms with Crippen LogP contribution in [0.1, 0.15) is 22.2 Å². The van der Waals surface area contributed by atoms with E-state index in [0.717, 1.165) is 22.6 Å². The Hall–Kier alpha value is -1.55. The first-order valence-corrected chi connectivity index (χ1v) is 5.94. The molecule has 0 aliphatic rings. The van der Waals surface area contributed by atoms with E-state index in [1.165, 1.54) is 0 Å². The van der Waals surface area contributed by atoms with Gasteiger partial charge in [0.05, 0.1) is 5.92 Å². The molecule has 2 aromatic heterocycles. The van der Waals surface area contributed by atoms with E-state index >= 15 is 0 Å². The van der Waals surface area contributed by atoms with Gasteiger partial charge in [0.1, 0.15) is 11.3 Å². The Kier molecular flexibility index (Phi) is 3.41. The molecule has 0 saturated heterocycles. The number of carbonyl (C=O) groups excluding carboxylic acids is 1. The summed E-state index contributed by atoms with van der Waals surface area (Å²) in [6.45, 7) is 1.94. The summed E-state index contributed by atoms with van der Waals surface area (Å²) in [4.78, 5) is 19.4. The largest absolute Gasteiger partial charge is 0.303 e. The van der Waals surface area contributed by atoms with Gasteiger partial charge in [0.15, 0.2) is 0 Å². The first-order valence-electron chi connectivity index (χ1n) is 5.06. The zero-order valence-corrected chi connectivity index (χ0v) is 9.78. The molecule has 1 unspecified atom stereocenters. The van der Waals surface area contributed by atoms with E-state index in [1.54, 1.807) is 23.7 Å². The third kappa shape index (κ3) is 2.52. The molecule has 1 atom stereocenters. The van der Waals surface area contributed by atoms with Gasteiger partial charge >= 0.3 is 0 Å². The van der Waals surface area contributed by atoms with Crippen LogP contribution in [-0.4, -0.2) is 16.3 Å². The van der Waals surface area contributed by atoms with Crippen LogP contribution < -0.4 is 0 Å². The van der Waals surface area contributed by atoms with Crippen LogP contribution in [0.4, 0.5) is 0 Å². The molecule has 0 bridgehead atoms. The molecule has 0 aliphatic carbocycles. The van der Waals surface area contributed by atoms with Gasteiger partial charge in [0.2, 0.25) is 0 Å². The van der Waals surface area contributed by atoms with E-state index in [9.17, 15) is 4.79 Å². The van der Waals surface area contributed by atoms with Crippen molar-refractivity contribution in [1.29, 1.82) is 0 Å². The van der Waals surface area contributed by atoms with Crippen LogP contribution in [0.3, 0.4) is 0 Å². The van der Waals surface area contributed by atoms with E-state index in [4.69, 9.17) is 0 Å². The number of aryl methyl sites for hydroxylation is 1. The molecule has 2 aromatic rings. The fourth-order valence-electron chi connectivity index (χ4n) is 1.51. The minimum Gasteiger partial charge on any atom is -0.303 e. The standard InChI is InChI=1S/C12H12N2OS/c1-9-8-16-12(14-9)11(7-15)6-10-2-4-13-5-3-10/h2-5,7-8,11H,6H2,1H3. The van der Waals surface area contributed by atoms with Crippen LogP contribution in [0.15, 0.2) is 29.9 Å². The summed E-state index contributed by atoms with van der Waals surface area (Å²) in [6, 6.07) is 3.86. The lowest BCUT2D eigenvalue weighted by Gasteiger charge is -2.06. The summed E-state index contributed by atoms with van der Waals surface area (Å²) in [5.74, 6) is -0.138. The number of nitrogens with zero attached hydrogens (tertiary/aromatic N) is 2. The summed E-state index contributed by atoms with van der Waals surface area (Å²) in [5.41, 5.74) is 2.08. The molecular formula is C12H12N2OS. The average Bonchev–Trinajstić information content (AvgIpc) is 2.74. The Balaban J connectivity index is 2.15. The van der Waals surface area contributed by atoms with Crippen LogP contribution in [0.5, 0.6) is 0 Å². The molecule has 0 spiro atoms. The zero-order chi connectivity index (χ0) is 11.4. The van der Waals surface area contributed by atoms with Crippen molar-refractivity contribution in [2.75, 3.05) is 0 Å². The maximum Gasteiger partial charge on any atom is 0.130 e. The number of pyridine rings is 1. The second-order valence-electron chi connectivity index (χ2n) is 3.63. The van der Waals surface area contributed by atoms with Gasteiger partial charge < -0.3 is 4.79 Å². The Morgan fingerprint density at radius 3 is 2.75 bits per heavy atom. The molecular weight excluding hydrogens is 220 g/mol. The molecule has 4 heteroatoms. The van der Waals surface area contributed by atoms with Crippen LogP contribution in [0.2, 0.25) is 0 Å². The van der Waals surface area contributed by atoms with Crippen molar-refractivity contribution in [2.24, 2.45) is 0 Å². The Morgan fingerprint density at radius 1 is 1.44 bits per heavy atom. The average molecular weight is 232 g/mol. The Bertz CT molecular complexity index is 467. The van der Waals surface area contributed by atoms with Gasteiger partial charge in [-0.1, -0.05) is 0 Å². The van der Waals surface area contributed by atoms with E-state index in [0.29, 0.717) is 6.42 Å². The fraction of sp³-hybridized carbons (Fsp3) is 0.250. The van der Waals surface area contributed by atoms with Crippen LogP contribution in [0.25, 0.3) is 0 Å². The predicted molar refractivity (Wildman–Crippen MR) is 63.6 cm³/mol. The molecule has 0 saturated carbocycles. The molecule has 0 radical (unpaired) electrons. The molecule has 3 nitrogen and oxygen atoms in total. The van der Waals surface area contributed by atoms with Crippen molar-refractivity contribution in [3.8, 4) is 0 Å². The Morgan fingerprint density at radius 2 is 2.19 bits per heavy atom. The van der Waals surface area contributed by atoms with Crippen LogP contribution >= 0.6 is 11.3 Å². The monoisotopic (exact) mass is 232 g/mol. The Labute approximate surface area is 98.2 Å². The number of thiazole rings is 1. The molecule has 2 heterocycles. The number of hydrogen-bond acceptors (Lipinski definition) is 4. The van der Waals surface area contributed by atoms with E-state index < -0.39 is 0 Å². The SMILES string of the molecule is Cc1csc(C(C=O)Cc2ccncc2)n1. The second-order valence-corrected chi connectivity index (χ2v) is 4.52. The highest BCUT2D eigenvalue weighted by Crippen LogP contribution is 2.22. The summed E-state index contributed by atoms with van der Waals surface area (Å²) >= 11 is 1.54. The van der Waals surface area contributed by atoms with Crippen LogP contribution in [-0.2, 0) is 11.2 Å². The lowest BCUT2D eigenvalue weighted by Crippen LogP contribution is -2.04. The third-order valence-corrected chi connectivity index (χ3v) is 3.42. The number of rotatable bonds is 4. The third-order valence-electron chi connectivity index (χ3n) is 2.32. The predicted octanol–water partition coefficient (Wildman–Crippen LogP) is 2.37. The van der Waals surface area contributed by atoms with Gasteiger partial charge in [-0.2, -0.15) is 0 Å². The van der Waals surface area contributed by atoms with Crippen molar-refractivity contribution in [3.63, 3.8) is 0 Å². The van der Waals surface area contributed by atoms with E-state index in [2.05, 4.69) is 9.97 Å². The van der Waals surface area contributed by atoms with Gasteiger partial charge in [0, 0.05) is 23.5 Å². The highest BCUT2D eigenvalue weighted by Gasteiger charge is 2.14. The number of carbonyl (C=O) groups is 1. The smallest absolute Gasteiger partial charge is 0.130 e. The summed E-state index contributed by atoms with van der Waals surface area (Å²) in [6.07, 6.45) is 5.15. The van der Waals surface area contributed by atoms with Gasteiger partial charge in [-0.3, -0.25) is 4.98 Å². The number of aldehydes is 1. The van der Waals surface area contributed by atoms with E-state index in [-0.39, 0.29) is 5.92 Å². The van der Waals surface area contributed by atoms with Gasteiger partial charge in [-0.05, 0) is 31.0 Å². The van der Waals surface area contributed by atoms with Crippen molar-refractivity contribution >= 4 is 17.6 Å². The maximum atomic E-state index is 11.1. The summed E-state index contributed by atoms with van der Waals surface area (Å²) in [7, 11) is 0. The molecule has 16 heavy (non-hydrogen) atoms. The van der Waals surface area contributed by atoms with Crippen LogP contribution in [0, 0.1) is 6.92 Å². The molecule has 0 fully saturated rings. The molecule has 2 rings (SSSR count). The maximum absolute atomic E-state index is 11.1. The first-order chi connectivity index (χ1) is 7.79. The summed E-state index contributed by atoms with van der Waals surface area (Å²) < 4.78 is 0. The van der Waals surface area contributed by atoms with Crippen molar-refractivity contribution in [3.05, 3.63) is 46.2 Å². The number of hydrogen-bond donors (Lipinski definition) is 0. The molecule has 0 aliphatic heterocycles. The fourth-order valence-corrected chi connectivity index (χ4v) is 2.36. The molecule has 82 valence electrons. The van der Waals surface area contributed by atoms with Gasteiger partial charge in [-0.25, -0.2) is 4.98 Å². The molecule has 0 aromatic carbocycles. The van der Waals surface area contributed by atoms with E-state index in [1.807, 2.05) is 24.4 Å². The van der Waals surface area contributed by atoms with Crippen molar-refractivity contribution < 1.29 is 4.79 Å². The topological polar surface area (TPSA) is 42.9 Å². The highest BCUT2D eigenvalue weighted by molar-refractivity contribution is 7.09. The zero-order valence-electron chi connectivity index (χ0n) is 8.96. The minimum absolute atomic E-state index is 0.138. The number of aromatic nitrogens is 2. The highest BCUT2D eigenvalue weighted by atomic mass is 32.1.